The van der Waals surface area contributed by atoms with Crippen LogP contribution in [-0.2, 0) is 19.3 Å². The maximum Gasteiger partial charge on any atom is 0.164 e. The molecule has 3 aromatic heterocycles. The minimum absolute atomic E-state index is 0.727. The standard InChI is InChI=1S/C22H20N4S/c1-2-14-6-3-8-16(12-14)24-21-19-17-9-4-10-18(17)27-22(19)26-20(25-21)15-7-5-11-23-13-15/h3,5-8,11-13H,2,4,9-10H2,1H3,(H,24,25,26). The first-order valence-electron chi connectivity index (χ1n) is 9.40. The second-order valence-corrected chi connectivity index (χ2v) is 7.94. The number of anilines is 2. The van der Waals surface area contributed by atoms with Gasteiger partial charge in [-0.15, -0.1) is 11.3 Å². The van der Waals surface area contributed by atoms with Crippen LogP contribution in [0.1, 0.15) is 29.3 Å². The fraction of sp³-hybridized carbons (Fsp3) is 0.227. The first-order valence-corrected chi connectivity index (χ1v) is 10.2. The Bertz CT molecular complexity index is 1120. The van der Waals surface area contributed by atoms with Crippen molar-refractivity contribution in [1.29, 1.82) is 0 Å². The topological polar surface area (TPSA) is 50.7 Å². The van der Waals surface area contributed by atoms with Crippen molar-refractivity contribution in [1.82, 2.24) is 15.0 Å². The highest BCUT2D eigenvalue weighted by molar-refractivity contribution is 7.19. The van der Waals surface area contributed by atoms with E-state index >= 15 is 0 Å². The minimum Gasteiger partial charge on any atom is -0.340 e. The molecule has 4 nitrogen and oxygen atoms in total. The largest absolute Gasteiger partial charge is 0.340 e. The van der Waals surface area contributed by atoms with Gasteiger partial charge < -0.3 is 5.32 Å². The average Bonchev–Trinajstić information content (AvgIpc) is 3.29. The lowest BCUT2D eigenvalue weighted by Crippen LogP contribution is -2.00. The fourth-order valence-electron chi connectivity index (χ4n) is 3.72. The Morgan fingerprint density at radius 3 is 2.93 bits per heavy atom. The van der Waals surface area contributed by atoms with Gasteiger partial charge >= 0.3 is 0 Å². The highest BCUT2D eigenvalue weighted by atomic mass is 32.1. The number of aromatic nitrogens is 3. The van der Waals surface area contributed by atoms with Gasteiger partial charge in [0.05, 0.1) is 5.39 Å². The van der Waals surface area contributed by atoms with E-state index in [0.29, 0.717) is 0 Å². The summed E-state index contributed by atoms with van der Waals surface area (Å²) < 4.78 is 0. The third-order valence-corrected chi connectivity index (χ3v) is 6.27. The lowest BCUT2D eigenvalue weighted by molar-refractivity contribution is 0.917. The highest BCUT2D eigenvalue weighted by Crippen LogP contribution is 2.41. The van der Waals surface area contributed by atoms with Crippen LogP contribution in [0.4, 0.5) is 11.5 Å². The Kier molecular flexibility index (Phi) is 4.09. The van der Waals surface area contributed by atoms with Gasteiger partial charge in [0.15, 0.2) is 5.82 Å². The third-order valence-electron chi connectivity index (χ3n) is 5.08. The van der Waals surface area contributed by atoms with E-state index < -0.39 is 0 Å². The number of benzene rings is 1. The lowest BCUT2D eigenvalue weighted by atomic mass is 10.1. The molecule has 0 spiro atoms. The maximum atomic E-state index is 4.92. The first-order chi connectivity index (χ1) is 13.3. The van der Waals surface area contributed by atoms with Crippen molar-refractivity contribution in [3.63, 3.8) is 0 Å². The van der Waals surface area contributed by atoms with E-state index in [2.05, 4.69) is 41.5 Å². The van der Waals surface area contributed by atoms with Crippen molar-refractivity contribution in [2.75, 3.05) is 5.32 Å². The molecular weight excluding hydrogens is 352 g/mol. The van der Waals surface area contributed by atoms with Gasteiger partial charge in [-0.2, -0.15) is 0 Å². The summed E-state index contributed by atoms with van der Waals surface area (Å²) in [6.45, 7) is 2.17. The van der Waals surface area contributed by atoms with Crippen molar-refractivity contribution in [3.8, 4) is 11.4 Å². The molecule has 0 radical (unpaired) electrons. The van der Waals surface area contributed by atoms with Crippen molar-refractivity contribution in [2.45, 2.75) is 32.6 Å². The molecule has 0 unspecified atom stereocenters. The summed E-state index contributed by atoms with van der Waals surface area (Å²) in [5, 5.41) is 4.78. The van der Waals surface area contributed by atoms with Crippen LogP contribution < -0.4 is 5.32 Å². The third kappa shape index (κ3) is 2.98. The number of nitrogens with zero attached hydrogens (tertiary/aromatic N) is 3. The van der Waals surface area contributed by atoms with Gasteiger partial charge in [0.2, 0.25) is 0 Å². The normalized spacial score (nSPS) is 13.1. The Morgan fingerprint density at radius 1 is 1.11 bits per heavy atom. The number of hydrogen-bond donors (Lipinski definition) is 1. The molecule has 3 heterocycles. The summed E-state index contributed by atoms with van der Waals surface area (Å²) in [5.74, 6) is 1.64. The molecule has 5 rings (SSSR count). The van der Waals surface area contributed by atoms with Crippen molar-refractivity contribution < 1.29 is 0 Å². The Hall–Kier alpha value is -2.79. The smallest absolute Gasteiger partial charge is 0.164 e. The van der Waals surface area contributed by atoms with Gasteiger partial charge in [-0.3, -0.25) is 4.98 Å². The Morgan fingerprint density at radius 2 is 2.07 bits per heavy atom. The van der Waals surface area contributed by atoms with Crippen LogP contribution in [0, 0.1) is 0 Å². The molecule has 1 N–H and O–H groups in total. The Labute approximate surface area is 162 Å². The van der Waals surface area contributed by atoms with Crippen LogP contribution in [0.3, 0.4) is 0 Å². The van der Waals surface area contributed by atoms with Crippen molar-refractivity contribution in [2.24, 2.45) is 0 Å². The molecule has 1 aliphatic rings. The number of rotatable bonds is 4. The quantitative estimate of drug-likeness (QED) is 0.510. The van der Waals surface area contributed by atoms with Gasteiger partial charge in [-0.05, 0) is 61.1 Å². The SMILES string of the molecule is CCc1cccc(Nc2nc(-c3cccnc3)nc3sc4c(c23)CCC4)c1. The summed E-state index contributed by atoms with van der Waals surface area (Å²) in [6.07, 6.45) is 8.12. The number of nitrogens with one attached hydrogen (secondary N) is 1. The predicted octanol–water partition coefficient (Wildman–Crippen LogP) is 5.55. The zero-order valence-corrected chi connectivity index (χ0v) is 16.0. The monoisotopic (exact) mass is 372 g/mol. The molecule has 0 saturated heterocycles. The molecule has 1 aromatic carbocycles. The van der Waals surface area contributed by atoms with Crippen molar-refractivity contribution in [3.05, 3.63) is 64.8 Å². The summed E-state index contributed by atoms with van der Waals surface area (Å²) in [4.78, 5) is 16.6. The van der Waals surface area contributed by atoms with Crippen LogP contribution in [0.15, 0.2) is 48.8 Å². The van der Waals surface area contributed by atoms with Crippen LogP contribution in [-0.4, -0.2) is 15.0 Å². The molecule has 0 bridgehead atoms. The number of fused-ring (bicyclic) bond motifs is 3. The number of thiophene rings is 1. The van der Waals surface area contributed by atoms with E-state index in [0.717, 1.165) is 47.0 Å². The van der Waals surface area contributed by atoms with Crippen LogP contribution in [0.2, 0.25) is 0 Å². The molecule has 0 amide bonds. The highest BCUT2D eigenvalue weighted by Gasteiger charge is 2.23. The first kappa shape index (κ1) is 16.4. The molecule has 5 heteroatoms. The summed E-state index contributed by atoms with van der Waals surface area (Å²) >= 11 is 1.82. The second-order valence-electron chi connectivity index (χ2n) is 6.85. The zero-order chi connectivity index (χ0) is 18.2. The molecular formula is C22H20N4S. The van der Waals surface area contributed by atoms with E-state index in [1.807, 2.05) is 29.7 Å². The van der Waals surface area contributed by atoms with Crippen LogP contribution >= 0.6 is 11.3 Å². The predicted molar refractivity (Wildman–Crippen MR) is 112 cm³/mol. The molecule has 0 fully saturated rings. The molecule has 0 atom stereocenters. The van der Waals surface area contributed by atoms with Crippen molar-refractivity contribution >= 4 is 33.1 Å². The maximum absolute atomic E-state index is 4.92. The van der Waals surface area contributed by atoms with Gasteiger partial charge in [-0.25, -0.2) is 9.97 Å². The fourth-order valence-corrected chi connectivity index (χ4v) is 4.98. The molecule has 0 aliphatic heterocycles. The number of pyridine rings is 1. The minimum atomic E-state index is 0.727. The zero-order valence-electron chi connectivity index (χ0n) is 15.2. The van der Waals surface area contributed by atoms with E-state index in [1.54, 1.807) is 6.20 Å². The molecule has 134 valence electrons. The summed E-state index contributed by atoms with van der Waals surface area (Å²) in [6, 6.07) is 12.5. The van der Waals surface area contributed by atoms with Gasteiger partial charge in [0.25, 0.3) is 0 Å². The number of hydrogen-bond acceptors (Lipinski definition) is 5. The summed E-state index contributed by atoms with van der Waals surface area (Å²) in [7, 11) is 0. The van der Waals surface area contributed by atoms with Gasteiger partial charge in [0, 0.05) is 28.5 Å². The number of aryl methyl sites for hydroxylation is 3. The van der Waals surface area contributed by atoms with Crippen LogP contribution in [0.5, 0.6) is 0 Å². The molecule has 1 aliphatic carbocycles. The summed E-state index contributed by atoms with van der Waals surface area (Å²) in [5.41, 5.74) is 4.76. The van der Waals surface area contributed by atoms with E-state index in [9.17, 15) is 0 Å². The van der Waals surface area contributed by atoms with E-state index in [1.165, 1.54) is 27.8 Å². The average molecular weight is 372 g/mol. The Balaban J connectivity index is 1.68. The van der Waals surface area contributed by atoms with Gasteiger partial charge in [-0.1, -0.05) is 19.1 Å². The lowest BCUT2D eigenvalue weighted by Gasteiger charge is -2.11. The molecule has 27 heavy (non-hydrogen) atoms. The van der Waals surface area contributed by atoms with Gasteiger partial charge in [0.1, 0.15) is 10.6 Å². The van der Waals surface area contributed by atoms with E-state index in [-0.39, 0.29) is 0 Å². The van der Waals surface area contributed by atoms with E-state index in [4.69, 9.17) is 9.97 Å². The molecule has 4 aromatic rings. The molecule has 0 saturated carbocycles. The van der Waals surface area contributed by atoms with Crippen LogP contribution in [0.25, 0.3) is 21.6 Å². The second kappa shape index (κ2) is 6.74.